The molecule has 1 aliphatic heterocycles. The fourth-order valence-corrected chi connectivity index (χ4v) is 2.50. The zero-order valence-electron chi connectivity index (χ0n) is 13.0. The highest BCUT2D eigenvalue weighted by Gasteiger charge is 2.36. The minimum atomic E-state index is -0.652. The first-order valence-electron chi connectivity index (χ1n) is 7.18. The summed E-state index contributed by atoms with van der Waals surface area (Å²) in [4.78, 5) is 12.3. The number of esters is 1. The quantitative estimate of drug-likeness (QED) is 0.821. The van der Waals surface area contributed by atoms with Crippen molar-refractivity contribution in [3.63, 3.8) is 0 Å². The van der Waals surface area contributed by atoms with Gasteiger partial charge in [0, 0.05) is 0 Å². The highest BCUT2D eigenvalue weighted by Crippen LogP contribution is 2.39. The number of allylic oxidation sites excluding steroid dienone is 2. The van der Waals surface area contributed by atoms with Crippen molar-refractivity contribution in [1.82, 2.24) is 0 Å². The van der Waals surface area contributed by atoms with Gasteiger partial charge in [-0.05, 0) is 25.0 Å². The molecule has 0 spiro atoms. The number of nitriles is 1. The van der Waals surface area contributed by atoms with Gasteiger partial charge in [0.05, 0.1) is 24.7 Å². The summed E-state index contributed by atoms with van der Waals surface area (Å²) in [5.41, 5.74) is 7.66. The molecule has 2 rings (SSSR count). The Bertz CT molecular complexity index is 711. The van der Waals surface area contributed by atoms with E-state index in [1.54, 1.807) is 38.1 Å². The Labute approximate surface area is 134 Å². The SMILES string of the molecule is CCOC(=O)C1=C(C)OC(N)=C(C#N)C1c1ccc(CO)cc1. The van der Waals surface area contributed by atoms with Gasteiger partial charge in [-0.15, -0.1) is 0 Å². The number of carbonyl (C=O) groups excluding carboxylic acids is 1. The molecule has 6 nitrogen and oxygen atoms in total. The third kappa shape index (κ3) is 3.20. The van der Waals surface area contributed by atoms with Gasteiger partial charge in [-0.3, -0.25) is 0 Å². The molecule has 1 aromatic rings. The van der Waals surface area contributed by atoms with Crippen LogP contribution in [0, 0.1) is 11.3 Å². The standard InChI is InChI=1S/C17H18N2O4/c1-3-22-17(21)14-10(2)23-16(19)13(8-18)15(14)12-6-4-11(9-20)5-7-12/h4-7,15,20H,3,9,19H2,1-2H3. The van der Waals surface area contributed by atoms with Crippen LogP contribution in [0.4, 0.5) is 0 Å². The van der Waals surface area contributed by atoms with Crippen molar-refractivity contribution < 1.29 is 19.4 Å². The van der Waals surface area contributed by atoms with E-state index in [-0.39, 0.29) is 30.2 Å². The van der Waals surface area contributed by atoms with Crippen molar-refractivity contribution in [1.29, 1.82) is 5.26 Å². The molecule has 1 unspecified atom stereocenters. The third-order valence-corrected chi connectivity index (χ3v) is 3.60. The first-order valence-corrected chi connectivity index (χ1v) is 7.18. The van der Waals surface area contributed by atoms with Gasteiger partial charge in [0.1, 0.15) is 17.4 Å². The summed E-state index contributed by atoms with van der Waals surface area (Å²) in [7, 11) is 0. The van der Waals surface area contributed by atoms with Crippen molar-refractivity contribution in [3.05, 3.63) is 58.2 Å². The second-order valence-corrected chi connectivity index (χ2v) is 5.01. The molecule has 1 heterocycles. The summed E-state index contributed by atoms with van der Waals surface area (Å²) in [6, 6.07) is 8.97. The minimum absolute atomic E-state index is 0.0192. The first kappa shape index (κ1) is 16.6. The maximum absolute atomic E-state index is 12.3. The van der Waals surface area contributed by atoms with Crippen LogP contribution in [0.3, 0.4) is 0 Å². The third-order valence-electron chi connectivity index (χ3n) is 3.60. The molecular weight excluding hydrogens is 296 g/mol. The lowest BCUT2D eigenvalue weighted by molar-refractivity contribution is -0.139. The molecule has 0 aliphatic carbocycles. The Morgan fingerprint density at radius 3 is 2.61 bits per heavy atom. The number of nitrogens with two attached hydrogens (primary N) is 1. The number of carbonyl (C=O) groups is 1. The Morgan fingerprint density at radius 2 is 2.09 bits per heavy atom. The van der Waals surface area contributed by atoms with Crippen molar-refractivity contribution in [2.24, 2.45) is 5.73 Å². The van der Waals surface area contributed by atoms with E-state index >= 15 is 0 Å². The molecule has 3 N–H and O–H groups in total. The van der Waals surface area contributed by atoms with Gasteiger partial charge in [-0.25, -0.2) is 4.79 Å². The molecular formula is C17H18N2O4. The summed E-state index contributed by atoms with van der Waals surface area (Å²) < 4.78 is 10.4. The van der Waals surface area contributed by atoms with Gasteiger partial charge >= 0.3 is 5.97 Å². The van der Waals surface area contributed by atoms with Crippen LogP contribution in [0.5, 0.6) is 0 Å². The van der Waals surface area contributed by atoms with E-state index < -0.39 is 11.9 Å². The van der Waals surface area contributed by atoms with E-state index in [0.717, 1.165) is 5.56 Å². The average molecular weight is 314 g/mol. The van der Waals surface area contributed by atoms with Crippen LogP contribution in [0.25, 0.3) is 0 Å². The topological polar surface area (TPSA) is 106 Å². The highest BCUT2D eigenvalue weighted by atomic mass is 16.5. The van der Waals surface area contributed by atoms with Crippen LogP contribution in [-0.4, -0.2) is 17.7 Å². The Kier molecular flexibility index (Phi) is 5.04. The van der Waals surface area contributed by atoms with Crippen LogP contribution >= 0.6 is 0 Å². The van der Waals surface area contributed by atoms with E-state index in [9.17, 15) is 10.1 Å². The van der Waals surface area contributed by atoms with Crippen LogP contribution in [0.1, 0.15) is 30.9 Å². The molecule has 1 aliphatic rings. The number of aliphatic hydroxyl groups excluding tert-OH is 1. The molecule has 0 saturated carbocycles. The summed E-state index contributed by atoms with van der Waals surface area (Å²) in [6.07, 6.45) is 0. The molecule has 0 amide bonds. The van der Waals surface area contributed by atoms with Crippen LogP contribution < -0.4 is 5.73 Å². The van der Waals surface area contributed by atoms with Crippen molar-refractivity contribution in [2.45, 2.75) is 26.4 Å². The summed E-state index contributed by atoms with van der Waals surface area (Å²) in [5.74, 6) is -0.896. The molecule has 23 heavy (non-hydrogen) atoms. The number of hydrogen-bond donors (Lipinski definition) is 2. The summed E-state index contributed by atoms with van der Waals surface area (Å²) in [5, 5.41) is 18.6. The monoisotopic (exact) mass is 314 g/mol. The lowest BCUT2D eigenvalue weighted by atomic mass is 9.83. The number of rotatable bonds is 4. The van der Waals surface area contributed by atoms with Gasteiger partial charge in [-0.1, -0.05) is 24.3 Å². The zero-order valence-corrected chi connectivity index (χ0v) is 13.0. The number of ether oxygens (including phenoxy) is 2. The first-order chi connectivity index (χ1) is 11.0. The van der Waals surface area contributed by atoms with Crippen LogP contribution in [0.2, 0.25) is 0 Å². The van der Waals surface area contributed by atoms with Gasteiger partial charge in [0.15, 0.2) is 0 Å². The van der Waals surface area contributed by atoms with E-state index in [2.05, 4.69) is 0 Å². The molecule has 6 heteroatoms. The smallest absolute Gasteiger partial charge is 0.338 e. The van der Waals surface area contributed by atoms with Crippen molar-refractivity contribution in [3.8, 4) is 6.07 Å². The molecule has 1 atom stereocenters. The fourth-order valence-electron chi connectivity index (χ4n) is 2.50. The molecule has 0 aromatic heterocycles. The van der Waals surface area contributed by atoms with Crippen LogP contribution in [0.15, 0.2) is 47.1 Å². The van der Waals surface area contributed by atoms with E-state index in [1.807, 2.05) is 6.07 Å². The Hall–Kier alpha value is -2.78. The molecule has 0 bridgehead atoms. The predicted octanol–water partition coefficient (Wildman–Crippen LogP) is 1.82. The summed E-state index contributed by atoms with van der Waals surface area (Å²) in [6.45, 7) is 3.45. The molecule has 120 valence electrons. The average Bonchev–Trinajstić information content (AvgIpc) is 2.54. The van der Waals surface area contributed by atoms with Gasteiger partial charge in [0.2, 0.25) is 5.88 Å². The van der Waals surface area contributed by atoms with Crippen molar-refractivity contribution >= 4 is 5.97 Å². The lowest BCUT2D eigenvalue weighted by Gasteiger charge is -2.26. The van der Waals surface area contributed by atoms with Gasteiger partial charge < -0.3 is 20.3 Å². The normalized spacial score (nSPS) is 17.6. The predicted molar refractivity (Wildman–Crippen MR) is 82.4 cm³/mol. The van der Waals surface area contributed by atoms with E-state index in [0.29, 0.717) is 11.3 Å². The van der Waals surface area contributed by atoms with Crippen molar-refractivity contribution in [2.75, 3.05) is 6.61 Å². The number of aliphatic hydroxyl groups is 1. The largest absolute Gasteiger partial charge is 0.463 e. The van der Waals surface area contributed by atoms with E-state index in [1.165, 1.54) is 0 Å². The molecule has 0 fully saturated rings. The second-order valence-electron chi connectivity index (χ2n) is 5.01. The zero-order chi connectivity index (χ0) is 17.0. The maximum atomic E-state index is 12.3. The molecule has 1 aromatic carbocycles. The molecule has 0 radical (unpaired) electrons. The fraction of sp³-hybridized carbons (Fsp3) is 0.294. The highest BCUT2D eigenvalue weighted by molar-refractivity contribution is 5.92. The summed E-state index contributed by atoms with van der Waals surface area (Å²) >= 11 is 0. The van der Waals surface area contributed by atoms with Gasteiger partial charge in [-0.2, -0.15) is 5.26 Å². The Morgan fingerprint density at radius 1 is 1.43 bits per heavy atom. The molecule has 0 saturated heterocycles. The van der Waals surface area contributed by atoms with E-state index in [4.69, 9.17) is 20.3 Å². The second kappa shape index (κ2) is 6.99. The number of hydrogen-bond acceptors (Lipinski definition) is 6. The Balaban J connectivity index is 2.56. The maximum Gasteiger partial charge on any atom is 0.338 e. The number of nitrogens with zero attached hydrogens (tertiary/aromatic N) is 1. The number of benzene rings is 1. The lowest BCUT2D eigenvalue weighted by Crippen LogP contribution is -2.25. The minimum Gasteiger partial charge on any atom is -0.463 e. The van der Waals surface area contributed by atoms with Gasteiger partial charge in [0.25, 0.3) is 0 Å². The van der Waals surface area contributed by atoms with Crippen LogP contribution in [-0.2, 0) is 20.9 Å².